The maximum atomic E-state index is 13.2. The number of hydrogen-bond acceptors (Lipinski definition) is 10. The molecule has 0 aliphatic carbocycles. The molecule has 0 radical (unpaired) electrons. The highest BCUT2D eigenvalue weighted by atomic mass is 32.2. The molecule has 2 fully saturated rings. The Labute approximate surface area is 259 Å². The number of sulfone groups is 1. The third kappa shape index (κ3) is 5.91. The molecule has 0 atom stereocenters. The summed E-state index contributed by atoms with van der Waals surface area (Å²) in [5.41, 5.74) is 10.2. The van der Waals surface area contributed by atoms with E-state index in [1.807, 2.05) is 36.4 Å². The smallest absolute Gasteiger partial charge is 0.229 e. The van der Waals surface area contributed by atoms with Crippen molar-refractivity contribution in [3.05, 3.63) is 60.7 Å². The van der Waals surface area contributed by atoms with Gasteiger partial charge in [0.15, 0.2) is 9.84 Å². The van der Waals surface area contributed by atoms with Crippen molar-refractivity contribution in [2.24, 2.45) is 0 Å². The van der Waals surface area contributed by atoms with Gasteiger partial charge in [0, 0.05) is 49.5 Å². The first kappa shape index (κ1) is 30.1. The number of anilines is 4. The summed E-state index contributed by atoms with van der Waals surface area (Å²) in [7, 11) is -1.88. The Kier molecular flexibility index (Phi) is 8.61. The summed E-state index contributed by atoms with van der Waals surface area (Å²) in [5.74, 6) is 1.26. The molecule has 2 saturated heterocycles. The van der Waals surface area contributed by atoms with Crippen molar-refractivity contribution < 1.29 is 17.9 Å². The number of fused-ring (bicyclic) bond motifs is 1. The van der Waals surface area contributed by atoms with Gasteiger partial charge in [0.05, 0.1) is 47.1 Å². The van der Waals surface area contributed by atoms with E-state index in [2.05, 4.69) is 26.2 Å². The van der Waals surface area contributed by atoms with Crippen molar-refractivity contribution in [1.29, 1.82) is 0 Å². The number of benzene rings is 3. The van der Waals surface area contributed by atoms with Crippen molar-refractivity contribution >= 4 is 43.9 Å². The van der Waals surface area contributed by atoms with Gasteiger partial charge in [-0.15, -0.1) is 0 Å². The van der Waals surface area contributed by atoms with Crippen LogP contribution in [0.3, 0.4) is 0 Å². The number of methoxy groups -OCH3 is 1. The number of nitrogens with two attached hydrogens (primary N) is 1. The molecule has 232 valence electrons. The van der Waals surface area contributed by atoms with Crippen LogP contribution in [0.2, 0.25) is 0 Å². The molecular weight excluding hydrogens is 576 g/mol. The molecule has 0 saturated carbocycles. The van der Waals surface area contributed by atoms with E-state index in [-0.39, 0.29) is 10.7 Å². The number of aromatic nitrogens is 2. The van der Waals surface area contributed by atoms with E-state index in [1.54, 1.807) is 39.2 Å². The third-order valence-electron chi connectivity index (χ3n) is 8.68. The number of hydrogen-bond donors (Lipinski definition) is 2. The van der Waals surface area contributed by atoms with Gasteiger partial charge in [0.25, 0.3) is 0 Å². The monoisotopic (exact) mass is 616 g/mol. The van der Waals surface area contributed by atoms with E-state index < -0.39 is 15.1 Å². The molecule has 11 heteroatoms. The summed E-state index contributed by atoms with van der Waals surface area (Å²) >= 11 is 0. The van der Waals surface area contributed by atoms with Crippen LogP contribution in [0.1, 0.15) is 26.7 Å². The molecule has 10 nitrogen and oxygen atoms in total. The second-order valence-electron chi connectivity index (χ2n) is 11.6. The highest BCUT2D eigenvalue weighted by molar-refractivity contribution is 7.92. The van der Waals surface area contributed by atoms with Crippen LogP contribution in [-0.4, -0.2) is 81.1 Å². The number of rotatable bonds is 8. The summed E-state index contributed by atoms with van der Waals surface area (Å²) in [5, 5.41) is 3.33. The molecule has 0 spiro atoms. The van der Waals surface area contributed by atoms with Crippen LogP contribution in [0.25, 0.3) is 22.0 Å². The zero-order valence-corrected chi connectivity index (χ0v) is 26.3. The molecule has 2 aliphatic heterocycles. The molecule has 6 rings (SSSR count). The fourth-order valence-electron chi connectivity index (χ4n) is 6.22. The molecule has 1 aromatic heterocycles. The minimum atomic E-state index is -3.53. The van der Waals surface area contributed by atoms with Crippen molar-refractivity contribution in [1.82, 2.24) is 14.9 Å². The standard InChI is InChI=1S/C33H40N6O4S/c1-22(2)44(40,41)30-10-5-4-7-25(30)26-8-6-9-28-31(26)32(34)37-33(36-28)35-27-12-11-24(21-29(27)42-3)38-15-13-23(14-16-38)39-17-19-43-20-18-39/h4-12,21-23H,13-20H2,1-3H3,(H3,34,35,36,37). The van der Waals surface area contributed by atoms with E-state index in [9.17, 15) is 8.42 Å². The molecular formula is C33H40N6O4S. The lowest BCUT2D eigenvalue weighted by molar-refractivity contribution is 0.0115. The van der Waals surface area contributed by atoms with Crippen molar-refractivity contribution in [3.63, 3.8) is 0 Å². The minimum absolute atomic E-state index is 0.253. The predicted molar refractivity (Wildman–Crippen MR) is 176 cm³/mol. The quantitative estimate of drug-likeness (QED) is 0.276. The molecule has 0 amide bonds. The Morgan fingerprint density at radius 2 is 1.68 bits per heavy atom. The van der Waals surface area contributed by atoms with Gasteiger partial charge < -0.3 is 25.4 Å². The highest BCUT2D eigenvalue weighted by Crippen LogP contribution is 2.38. The summed E-state index contributed by atoms with van der Waals surface area (Å²) < 4.78 is 37.6. The molecule has 3 aromatic carbocycles. The second kappa shape index (κ2) is 12.6. The Balaban J connectivity index is 1.25. The van der Waals surface area contributed by atoms with Gasteiger partial charge in [-0.05, 0) is 56.5 Å². The summed E-state index contributed by atoms with van der Waals surface area (Å²) in [6, 6.07) is 19.3. The Morgan fingerprint density at radius 3 is 2.41 bits per heavy atom. The summed E-state index contributed by atoms with van der Waals surface area (Å²) in [6.45, 7) is 9.05. The van der Waals surface area contributed by atoms with Crippen molar-refractivity contribution in [2.45, 2.75) is 42.9 Å². The van der Waals surface area contributed by atoms with Gasteiger partial charge in [-0.3, -0.25) is 4.90 Å². The maximum absolute atomic E-state index is 13.2. The van der Waals surface area contributed by atoms with Crippen LogP contribution in [0.5, 0.6) is 5.75 Å². The summed E-state index contributed by atoms with van der Waals surface area (Å²) in [4.78, 5) is 14.6. The zero-order chi connectivity index (χ0) is 30.8. The zero-order valence-electron chi connectivity index (χ0n) is 25.5. The maximum Gasteiger partial charge on any atom is 0.229 e. The fraction of sp³-hybridized carbons (Fsp3) is 0.394. The number of ether oxygens (including phenoxy) is 2. The van der Waals surface area contributed by atoms with Gasteiger partial charge in [0.1, 0.15) is 11.6 Å². The van der Waals surface area contributed by atoms with Gasteiger partial charge >= 0.3 is 0 Å². The van der Waals surface area contributed by atoms with Gasteiger partial charge in [-0.2, -0.15) is 4.98 Å². The number of morpholine rings is 1. The minimum Gasteiger partial charge on any atom is -0.494 e. The van der Waals surface area contributed by atoms with Crippen LogP contribution in [0.15, 0.2) is 65.6 Å². The number of nitrogens with one attached hydrogen (secondary N) is 1. The molecule has 3 heterocycles. The molecule has 0 unspecified atom stereocenters. The van der Waals surface area contributed by atoms with Crippen LogP contribution in [0, 0.1) is 0 Å². The lowest BCUT2D eigenvalue weighted by Gasteiger charge is -2.40. The molecule has 44 heavy (non-hydrogen) atoms. The number of nitrogen functional groups attached to an aromatic ring is 1. The number of nitrogens with zero attached hydrogens (tertiary/aromatic N) is 4. The third-order valence-corrected chi connectivity index (χ3v) is 10.9. The SMILES string of the molecule is COc1cc(N2CCC(N3CCOCC3)CC2)ccc1Nc1nc(N)c2c(-c3ccccc3S(=O)(=O)C(C)C)cccc2n1. The van der Waals surface area contributed by atoms with E-state index in [0.29, 0.717) is 39.8 Å². The van der Waals surface area contributed by atoms with Crippen LogP contribution in [0.4, 0.5) is 23.1 Å². The van der Waals surface area contributed by atoms with Crippen LogP contribution in [-0.2, 0) is 14.6 Å². The molecule has 2 aliphatic rings. The average Bonchev–Trinajstić information content (AvgIpc) is 3.05. The second-order valence-corrected chi connectivity index (χ2v) is 14.1. The van der Waals surface area contributed by atoms with E-state index in [1.165, 1.54) is 0 Å². The molecule has 3 N–H and O–H groups in total. The van der Waals surface area contributed by atoms with E-state index in [4.69, 9.17) is 20.2 Å². The number of piperidine rings is 1. The first-order valence-corrected chi connectivity index (χ1v) is 16.7. The van der Waals surface area contributed by atoms with Crippen molar-refractivity contribution in [2.75, 3.05) is 62.5 Å². The van der Waals surface area contributed by atoms with E-state index in [0.717, 1.165) is 63.6 Å². The molecule has 4 aromatic rings. The van der Waals surface area contributed by atoms with Crippen LogP contribution < -0.4 is 20.7 Å². The topological polar surface area (TPSA) is 123 Å². The van der Waals surface area contributed by atoms with Gasteiger partial charge in [-0.1, -0.05) is 30.3 Å². The van der Waals surface area contributed by atoms with Crippen LogP contribution >= 0.6 is 0 Å². The lowest BCUT2D eigenvalue weighted by atomic mass is 10.0. The predicted octanol–water partition coefficient (Wildman–Crippen LogP) is 5.11. The molecule has 0 bridgehead atoms. The lowest BCUT2D eigenvalue weighted by Crippen LogP contribution is -2.49. The first-order chi connectivity index (χ1) is 21.3. The van der Waals surface area contributed by atoms with Gasteiger partial charge in [0.2, 0.25) is 5.95 Å². The first-order valence-electron chi connectivity index (χ1n) is 15.2. The Morgan fingerprint density at radius 1 is 0.955 bits per heavy atom. The normalized spacial score (nSPS) is 16.9. The largest absolute Gasteiger partial charge is 0.494 e. The van der Waals surface area contributed by atoms with Gasteiger partial charge in [-0.25, -0.2) is 13.4 Å². The van der Waals surface area contributed by atoms with E-state index >= 15 is 0 Å². The average molecular weight is 617 g/mol. The Hall–Kier alpha value is -3.93. The Bertz CT molecular complexity index is 1750. The van der Waals surface area contributed by atoms with Crippen molar-refractivity contribution in [3.8, 4) is 16.9 Å². The fourth-order valence-corrected chi connectivity index (χ4v) is 7.48. The highest BCUT2D eigenvalue weighted by Gasteiger charge is 2.27. The summed E-state index contributed by atoms with van der Waals surface area (Å²) in [6.07, 6.45) is 2.25.